The first-order chi connectivity index (χ1) is 9.70. The third-order valence-corrected chi connectivity index (χ3v) is 3.41. The molecule has 20 heavy (non-hydrogen) atoms. The van der Waals surface area contributed by atoms with Gasteiger partial charge >= 0.3 is 0 Å². The van der Waals surface area contributed by atoms with Crippen LogP contribution in [-0.2, 0) is 6.42 Å². The van der Waals surface area contributed by atoms with Gasteiger partial charge in [0.25, 0.3) is 0 Å². The van der Waals surface area contributed by atoms with Gasteiger partial charge in [-0.1, -0.05) is 6.07 Å². The van der Waals surface area contributed by atoms with Crippen LogP contribution in [0, 0.1) is 12.7 Å². The topological polar surface area (TPSA) is 30.7 Å². The van der Waals surface area contributed by atoms with Gasteiger partial charge in [0.15, 0.2) is 5.65 Å². The molecule has 0 radical (unpaired) electrons. The molecule has 2 aromatic heterocycles. The highest BCUT2D eigenvalue weighted by Gasteiger charge is 2.13. The van der Waals surface area contributed by atoms with Gasteiger partial charge < -0.3 is 0 Å². The highest BCUT2D eigenvalue weighted by Crippen LogP contribution is 2.22. The van der Waals surface area contributed by atoms with Crippen LogP contribution in [0.15, 0.2) is 36.5 Å². The number of aryl methyl sites for hydroxylation is 2. The van der Waals surface area contributed by atoms with Crippen molar-refractivity contribution in [2.75, 3.05) is 5.88 Å². The Morgan fingerprint density at radius 2 is 2.15 bits per heavy atom. The number of hydrogen-bond acceptors (Lipinski definition) is 2. The highest BCUT2D eigenvalue weighted by atomic mass is 35.5. The quantitative estimate of drug-likeness (QED) is 0.689. The van der Waals surface area contributed by atoms with Crippen molar-refractivity contribution in [2.24, 2.45) is 0 Å². The zero-order valence-corrected chi connectivity index (χ0v) is 11.7. The fourth-order valence-corrected chi connectivity index (χ4v) is 2.37. The second kappa shape index (κ2) is 5.21. The molecule has 3 aromatic rings. The summed E-state index contributed by atoms with van der Waals surface area (Å²) in [7, 11) is 0. The number of alkyl halides is 1. The summed E-state index contributed by atoms with van der Waals surface area (Å²) in [5.74, 6) is 1.01. The normalized spacial score (nSPS) is 11.2. The Morgan fingerprint density at radius 3 is 2.90 bits per heavy atom. The Kier molecular flexibility index (Phi) is 3.40. The zero-order valence-electron chi connectivity index (χ0n) is 11.0. The Morgan fingerprint density at radius 1 is 1.30 bits per heavy atom. The largest absolute Gasteiger partial charge is 0.281 e. The van der Waals surface area contributed by atoms with Gasteiger partial charge in [-0.15, -0.1) is 11.6 Å². The van der Waals surface area contributed by atoms with E-state index in [1.54, 1.807) is 19.2 Å². The molecule has 0 aliphatic rings. The van der Waals surface area contributed by atoms with E-state index in [-0.39, 0.29) is 5.82 Å². The molecule has 0 aliphatic carbocycles. The van der Waals surface area contributed by atoms with Gasteiger partial charge in [0.1, 0.15) is 17.2 Å². The van der Waals surface area contributed by atoms with Crippen LogP contribution in [0.4, 0.5) is 4.39 Å². The van der Waals surface area contributed by atoms with Gasteiger partial charge in [-0.2, -0.15) is 0 Å². The predicted molar refractivity (Wildman–Crippen MR) is 78.0 cm³/mol. The van der Waals surface area contributed by atoms with Crippen molar-refractivity contribution in [3.05, 3.63) is 53.7 Å². The third kappa shape index (κ3) is 2.16. The Bertz CT molecular complexity index is 767. The van der Waals surface area contributed by atoms with E-state index in [0.717, 1.165) is 22.7 Å². The van der Waals surface area contributed by atoms with Crippen LogP contribution >= 0.6 is 11.6 Å². The van der Waals surface area contributed by atoms with Crippen molar-refractivity contribution in [3.63, 3.8) is 0 Å². The number of benzene rings is 1. The van der Waals surface area contributed by atoms with E-state index >= 15 is 0 Å². The maximum atomic E-state index is 13.8. The second-order valence-electron chi connectivity index (χ2n) is 4.58. The molecule has 0 unspecified atom stereocenters. The molecule has 5 heteroatoms. The molecule has 0 fully saturated rings. The van der Waals surface area contributed by atoms with Crippen molar-refractivity contribution in [2.45, 2.75) is 13.3 Å². The lowest BCUT2D eigenvalue weighted by molar-refractivity contribution is 0.617. The molecule has 3 rings (SSSR count). The number of halogens is 2. The first-order valence-electron chi connectivity index (χ1n) is 6.35. The summed E-state index contributed by atoms with van der Waals surface area (Å²) >= 11 is 5.83. The van der Waals surface area contributed by atoms with Crippen molar-refractivity contribution in [1.29, 1.82) is 0 Å². The molecule has 1 aromatic carbocycles. The van der Waals surface area contributed by atoms with Crippen LogP contribution in [0.1, 0.15) is 11.4 Å². The first kappa shape index (κ1) is 13.1. The molecule has 0 N–H and O–H groups in total. The molecule has 0 spiro atoms. The monoisotopic (exact) mass is 289 g/mol. The van der Waals surface area contributed by atoms with Gasteiger partial charge in [0.05, 0.1) is 5.69 Å². The standard InChI is InChI=1S/C15H13ClFN3/c1-10-4-5-11(9-12(10)17)20-14(6-7-16)19-13-3-2-8-18-15(13)20/h2-5,8-9H,6-7H2,1H3. The molecule has 0 aliphatic heterocycles. The van der Waals surface area contributed by atoms with Crippen LogP contribution in [0.5, 0.6) is 0 Å². The highest BCUT2D eigenvalue weighted by molar-refractivity contribution is 6.17. The lowest BCUT2D eigenvalue weighted by atomic mass is 10.2. The number of pyridine rings is 1. The molecule has 0 bridgehead atoms. The predicted octanol–water partition coefficient (Wildman–Crippen LogP) is 3.65. The Balaban J connectivity index is 2.26. The van der Waals surface area contributed by atoms with E-state index in [0.29, 0.717) is 17.9 Å². The summed E-state index contributed by atoms with van der Waals surface area (Å²) in [5.41, 5.74) is 2.84. The number of rotatable bonds is 3. The molecular formula is C15H13ClFN3. The van der Waals surface area contributed by atoms with Crippen molar-refractivity contribution in [1.82, 2.24) is 14.5 Å². The number of nitrogens with zero attached hydrogens (tertiary/aromatic N) is 3. The van der Waals surface area contributed by atoms with E-state index in [1.165, 1.54) is 6.07 Å². The fraction of sp³-hybridized carbons (Fsp3) is 0.200. The average Bonchev–Trinajstić information content (AvgIpc) is 2.80. The van der Waals surface area contributed by atoms with Gasteiger partial charge in [0.2, 0.25) is 0 Å². The summed E-state index contributed by atoms with van der Waals surface area (Å²) in [5, 5.41) is 0. The van der Waals surface area contributed by atoms with Crippen molar-refractivity contribution < 1.29 is 4.39 Å². The molecule has 2 heterocycles. The third-order valence-electron chi connectivity index (χ3n) is 3.22. The van der Waals surface area contributed by atoms with Crippen LogP contribution in [-0.4, -0.2) is 20.4 Å². The maximum absolute atomic E-state index is 13.8. The Labute approximate surface area is 121 Å². The lowest BCUT2D eigenvalue weighted by Crippen LogP contribution is -2.03. The first-order valence-corrected chi connectivity index (χ1v) is 6.89. The minimum Gasteiger partial charge on any atom is -0.281 e. The van der Waals surface area contributed by atoms with Gasteiger partial charge in [0, 0.05) is 18.5 Å². The summed E-state index contributed by atoms with van der Waals surface area (Å²) in [6, 6.07) is 8.85. The summed E-state index contributed by atoms with van der Waals surface area (Å²) in [4.78, 5) is 8.87. The van der Waals surface area contributed by atoms with Crippen molar-refractivity contribution in [3.8, 4) is 5.69 Å². The maximum Gasteiger partial charge on any atom is 0.164 e. The molecule has 0 amide bonds. The van der Waals surface area contributed by atoms with E-state index in [9.17, 15) is 4.39 Å². The van der Waals surface area contributed by atoms with Crippen LogP contribution in [0.25, 0.3) is 16.9 Å². The van der Waals surface area contributed by atoms with E-state index in [2.05, 4.69) is 9.97 Å². The molecule has 102 valence electrons. The Hall–Kier alpha value is -1.94. The smallest absolute Gasteiger partial charge is 0.164 e. The van der Waals surface area contributed by atoms with E-state index in [4.69, 9.17) is 11.6 Å². The lowest BCUT2D eigenvalue weighted by Gasteiger charge is -2.09. The second-order valence-corrected chi connectivity index (χ2v) is 4.96. The minimum atomic E-state index is -0.239. The van der Waals surface area contributed by atoms with Crippen LogP contribution in [0.3, 0.4) is 0 Å². The molecule has 0 atom stereocenters. The number of imidazole rings is 1. The fourth-order valence-electron chi connectivity index (χ4n) is 2.20. The average molecular weight is 290 g/mol. The van der Waals surface area contributed by atoms with Gasteiger partial charge in [-0.3, -0.25) is 4.57 Å². The summed E-state index contributed by atoms with van der Waals surface area (Å²) in [6.45, 7) is 1.74. The van der Waals surface area contributed by atoms with E-state index in [1.807, 2.05) is 22.8 Å². The van der Waals surface area contributed by atoms with Crippen LogP contribution < -0.4 is 0 Å². The molecule has 0 saturated carbocycles. The van der Waals surface area contributed by atoms with Gasteiger partial charge in [-0.05, 0) is 36.8 Å². The SMILES string of the molecule is Cc1ccc(-n2c(CCCl)nc3cccnc32)cc1F. The van der Waals surface area contributed by atoms with E-state index < -0.39 is 0 Å². The zero-order chi connectivity index (χ0) is 14.1. The molecule has 3 nitrogen and oxygen atoms in total. The summed E-state index contributed by atoms with van der Waals surface area (Å²) < 4.78 is 15.7. The van der Waals surface area contributed by atoms with Gasteiger partial charge in [-0.25, -0.2) is 14.4 Å². The minimum absolute atomic E-state index is 0.239. The number of aromatic nitrogens is 3. The van der Waals surface area contributed by atoms with Crippen molar-refractivity contribution >= 4 is 22.8 Å². The molecule has 0 saturated heterocycles. The molecular weight excluding hydrogens is 277 g/mol. The summed E-state index contributed by atoms with van der Waals surface area (Å²) in [6.07, 6.45) is 2.31. The number of fused-ring (bicyclic) bond motifs is 1. The van der Waals surface area contributed by atoms with Crippen LogP contribution in [0.2, 0.25) is 0 Å². The number of hydrogen-bond donors (Lipinski definition) is 0.